The van der Waals surface area contributed by atoms with Gasteiger partial charge in [0.25, 0.3) is 5.91 Å². The van der Waals surface area contributed by atoms with E-state index in [1.807, 2.05) is 6.07 Å². The van der Waals surface area contributed by atoms with Crippen molar-refractivity contribution in [3.8, 4) is 6.07 Å². The lowest BCUT2D eigenvalue weighted by atomic mass is 10.1. The Hall–Kier alpha value is -1.57. The van der Waals surface area contributed by atoms with Crippen LogP contribution in [-0.2, 0) is 0 Å². The van der Waals surface area contributed by atoms with Gasteiger partial charge < -0.3 is 4.90 Å². The van der Waals surface area contributed by atoms with Gasteiger partial charge in [0.2, 0.25) is 0 Å². The molecule has 0 atom stereocenters. The summed E-state index contributed by atoms with van der Waals surface area (Å²) in [6, 6.07) is 8.80. The summed E-state index contributed by atoms with van der Waals surface area (Å²) in [7, 11) is 0. The van der Waals surface area contributed by atoms with Gasteiger partial charge in [0.1, 0.15) is 0 Å². The van der Waals surface area contributed by atoms with E-state index in [-0.39, 0.29) is 5.91 Å². The maximum absolute atomic E-state index is 12.1. The van der Waals surface area contributed by atoms with Crippen LogP contribution in [0.5, 0.6) is 0 Å². The second-order valence-electron chi connectivity index (χ2n) is 3.89. The molecule has 0 spiro atoms. The number of rotatable bonds is 1. The highest BCUT2D eigenvalue weighted by Gasteiger charge is 2.21. The molecule has 0 unspecified atom stereocenters. The van der Waals surface area contributed by atoms with Crippen LogP contribution in [0.2, 0.25) is 0 Å². The van der Waals surface area contributed by atoms with Gasteiger partial charge in [-0.15, -0.1) is 0 Å². The maximum atomic E-state index is 12.1. The predicted octanol–water partition coefficient (Wildman–Crippen LogP) is 1.47. The molecule has 0 radical (unpaired) electrons. The number of carbonyl (C=O) groups is 1. The first kappa shape index (κ1) is 11.9. The van der Waals surface area contributed by atoms with E-state index in [2.05, 4.69) is 0 Å². The summed E-state index contributed by atoms with van der Waals surface area (Å²) < 4.78 is 1.68. The summed E-state index contributed by atoms with van der Waals surface area (Å²) in [6.07, 6.45) is 0. The molecule has 5 heteroatoms. The average Bonchev–Trinajstić information content (AvgIpc) is 2.39. The summed E-state index contributed by atoms with van der Waals surface area (Å²) in [5.41, 5.74) is 1.07. The van der Waals surface area contributed by atoms with Gasteiger partial charge in [0, 0.05) is 31.7 Å². The van der Waals surface area contributed by atoms with Crippen molar-refractivity contribution in [1.82, 2.24) is 9.32 Å². The third-order valence-corrected chi connectivity index (χ3v) is 3.09. The van der Waals surface area contributed by atoms with E-state index >= 15 is 0 Å². The fraction of sp³-hybridized carbons (Fsp3) is 0.333. The van der Waals surface area contributed by atoms with Gasteiger partial charge in [-0.2, -0.15) is 5.26 Å². The molecule has 0 N–H and O–H groups in total. The lowest BCUT2D eigenvalue weighted by Gasteiger charge is -2.30. The van der Waals surface area contributed by atoms with Crippen LogP contribution < -0.4 is 0 Å². The first-order valence-corrected chi connectivity index (χ1v) is 5.74. The molecular formula is C12H12ClN3O. The van der Waals surface area contributed by atoms with Crippen molar-refractivity contribution in [1.29, 1.82) is 5.26 Å². The van der Waals surface area contributed by atoms with E-state index < -0.39 is 0 Å². The van der Waals surface area contributed by atoms with E-state index in [0.717, 1.165) is 0 Å². The van der Waals surface area contributed by atoms with Gasteiger partial charge >= 0.3 is 0 Å². The zero-order chi connectivity index (χ0) is 12.3. The van der Waals surface area contributed by atoms with Crippen molar-refractivity contribution in [2.75, 3.05) is 26.2 Å². The number of nitriles is 1. The highest BCUT2D eigenvalue weighted by atomic mass is 35.5. The minimum absolute atomic E-state index is 0.0353. The number of benzene rings is 1. The Morgan fingerprint density at radius 2 is 2.00 bits per heavy atom. The standard InChI is InChI=1S/C12H12ClN3O/c13-16-6-4-15(5-7-16)12(17)11-3-1-2-10(8-11)9-14/h1-3,8H,4-7H2. The fourth-order valence-electron chi connectivity index (χ4n) is 1.79. The molecule has 0 saturated carbocycles. The van der Waals surface area contributed by atoms with Gasteiger partial charge in [-0.05, 0) is 30.0 Å². The Balaban J connectivity index is 2.11. The Kier molecular flexibility index (Phi) is 3.62. The maximum Gasteiger partial charge on any atom is 0.253 e. The third-order valence-electron chi connectivity index (χ3n) is 2.75. The van der Waals surface area contributed by atoms with Gasteiger partial charge in [-0.25, -0.2) is 4.42 Å². The van der Waals surface area contributed by atoms with E-state index in [1.54, 1.807) is 33.6 Å². The average molecular weight is 250 g/mol. The van der Waals surface area contributed by atoms with Crippen LogP contribution in [0.25, 0.3) is 0 Å². The van der Waals surface area contributed by atoms with Gasteiger partial charge in [-0.1, -0.05) is 6.07 Å². The largest absolute Gasteiger partial charge is 0.336 e. The highest BCUT2D eigenvalue weighted by molar-refractivity contribution is 6.13. The lowest BCUT2D eigenvalue weighted by Crippen LogP contribution is -2.45. The number of hydrogen-bond acceptors (Lipinski definition) is 3. The van der Waals surface area contributed by atoms with Crippen molar-refractivity contribution >= 4 is 17.7 Å². The number of carbonyl (C=O) groups excluding carboxylic acids is 1. The molecule has 1 amide bonds. The van der Waals surface area contributed by atoms with Crippen molar-refractivity contribution in [3.63, 3.8) is 0 Å². The monoisotopic (exact) mass is 249 g/mol. The third kappa shape index (κ3) is 2.76. The molecule has 1 fully saturated rings. The normalized spacial score (nSPS) is 16.6. The molecule has 0 aromatic heterocycles. The quantitative estimate of drug-likeness (QED) is 0.708. The zero-order valence-corrected chi connectivity index (χ0v) is 10.0. The summed E-state index contributed by atoms with van der Waals surface area (Å²) in [4.78, 5) is 13.9. The first-order valence-electron chi connectivity index (χ1n) is 5.41. The Bertz CT molecular complexity index is 461. The van der Waals surface area contributed by atoms with Crippen LogP contribution in [0, 0.1) is 11.3 Å². The molecule has 1 heterocycles. The number of nitrogens with zero attached hydrogens (tertiary/aromatic N) is 3. The molecule has 1 aromatic rings. The second kappa shape index (κ2) is 5.17. The summed E-state index contributed by atoms with van der Waals surface area (Å²) >= 11 is 5.83. The van der Waals surface area contributed by atoms with Gasteiger partial charge in [0.15, 0.2) is 0 Å². The molecule has 2 rings (SSSR count). The van der Waals surface area contributed by atoms with Crippen molar-refractivity contribution in [2.45, 2.75) is 0 Å². The van der Waals surface area contributed by atoms with E-state index in [0.29, 0.717) is 37.3 Å². The topological polar surface area (TPSA) is 47.3 Å². The molecule has 1 aliphatic rings. The SMILES string of the molecule is N#Cc1cccc(C(=O)N2CCN(Cl)CC2)c1. The number of piperazine rings is 1. The molecule has 1 aromatic carbocycles. The molecule has 0 aliphatic carbocycles. The highest BCUT2D eigenvalue weighted by Crippen LogP contribution is 2.11. The van der Waals surface area contributed by atoms with Crippen LogP contribution in [0.15, 0.2) is 24.3 Å². The molecule has 1 saturated heterocycles. The van der Waals surface area contributed by atoms with Crippen LogP contribution in [-0.4, -0.2) is 41.4 Å². The van der Waals surface area contributed by atoms with Gasteiger partial charge in [0.05, 0.1) is 11.6 Å². The van der Waals surface area contributed by atoms with Crippen molar-refractivity contribution in [3.05, 3.63) is 35.4 Å². The van der Waals surface area contributed by atoms with Gasteiger partial charge in [-0.3, -0.25) is 4.79 Å². The summed E-state index contributed by atoms with van der Waals surface area (Å²) in [6.45, 7) is 2.59. The number of halogens is 1. The van der Waals surface area contributed by atoms with Crippen LogP contribution in [0.1, 0.15) is 15.9 Å². The number of hydrogen-bond donors (Lipinski definition) is 0. The smallest absolute Gasteiger partial charge is 0.253 e. The van der Waals surface area contributed by atoms with E-state index in [4.69, 9.17) is 17.0 Å². The van der Waals surface area contributed by atoms with E-state index in [9.17, 15) is 4.79 Å². The lowest BCUT2D eigenvalue weighted by molar-refractivity contribution is 0.0700. The minimum atomic E-state index is -0.0353. The minimum Gasteiger partial charge on any atom is -0.336 e. The Labute approximate surface area is 105 Å². The zero-order valence-electron chi connectivity index (χ0n) is 9.27. The van der Waals surface area contributed by atoms with Crippen molar-refractivity contribution < 1.29 is 4.79 Å². The number of amides is 1. The molecule has 17 heavy (non-hydrogen) atoms. The Morgan fingerprint density at radius 3 is 2.65 bits per heavy atom. The summed E-state index contributed by atoms with van der Waals surface area (Å²) in [5.74, 6) is -0.0353. The van der Waals surface area contributed by atoms with Crippen LogP contribution in [0.3, 0.4) is 0 Å². The molecule has 0 bridgehead atoms. The Morgan fingerprint density at radius 1 is 1.29 bits per heavy atom. The molecule has 88 valence electrons. The first-order chi connectivity index (χ1) is 8.20. The molecule has 4 nitrogen and oxygen atoms in total. The van der Waals surface area contributed by atoms with Crippen LogP contribution in [0.4, 0.5) is 0 Å². The van der Waals surface area contributed by atoms with E-state index in [1.165, 1.54) is 0 Å². The second-order valence-corrected chi connectivity index (χ2v) is 4.37. The van der Waals surface area contributed by atoms with Crippen molar-refractivity contribution in [2.24, 2.45) is 0 Å². The predicted molar refractivity (Wildman–Crippen MR) is 64.5 cm³/mol. The summed E-state index contributed by atoms with van der Waals surface area (Å²) in [5, 5.41) is 8.79. The van der Waals surface area contributed by atoms with Crippen LogP contribution >= 0.6 is 11.8 Å². The fourth-order valence-corrected chi connectivity index (χ4v) is 1.94. The molecular weight excluding hydrogens is 238 g/mol. The molecule has 1 aliphatic heterocycles.